The van der Waals surface area contributed by atoms with E-state index in [-0.39, 0.29) is 0 Å². The van der Waals surface area contributed by atoms with Crippen molar-refractivity contribution in [1.82, 2.24) is 0 Å². The first-order valence-electron chi connectivity index (χ1n) is 2.61. The third kappa shape index (κ3) is 2.53. The van der Waals surface area contributed by atoms with Crippen LogP contribution in [0.4, 0.5) is 13.2 Å². The molecule has 0 aromatic carbocycles. The first-order chi connectivity index (χ1) is 4.52. The van der Waals surface area contributed by atoms with E-state index in [0.717, 1.165) is 6.08 Å². The van der Waals surface area contributed by atoms with Gasteiger partial charge in [-0.3, -0.25) is 0 Å². The Morgan fingerprint density at radius 2 is 2.10 bits per heavy atom. The molecule has 0 saturated heterocycles. The Morgan fingerprint density at radius 3 is 2.20 bits per heavy atom. The lowest BCUT2D eigenvalue weighted by Crippen LogP contribution is -2.10. The molecule has 0 aliphatic heterocycles. The molecule has 0 N–H and O–H groups in total. The van der Waals surface area contributed by atoms with E-state index in [1.165, 1.54) is 13.0 Å². The molecule has 0 saturated carbocycles. The molecule has 0 rings (SSSR count). The number of nitriles is 1. The first-order valence-corrected chi connectivity index (χ1v) is 2.61. The molecule has 0 amide bonds. The van der Waals surface area contributed by atoms with Crippen LogP contribution in [-0.4, -0.2) is 6.18 Å². The lowest BCUT2D eigenvalue weighted by Gasteiger charge is -2.05. The summed E-state index contributed by atoms with van der Waals surface area (Å²) in [5.41, 5.74) is -0.782. The highest BCUT2D eigenvalue weighted by Crippen LogP contribution is 2.27. The molecule has 0 fully saturated rings. The molecule has 0 heterocycles. The van der Waals surface area contributed by atoms with Crippen molar-refractivity contribution in [2.75, 3.05) is 0 Å². The lowest BCUT2D eigenvalue weighted by atomic mass is 10.2. The molecule has 0 aliphatic rings. The van der Waals surface area contributed by atoms with E-state index < -0.39 is 18.2 Å². The average Bonchev–Trinajstić information content (AvgIpc) is 1.80. The lowest BCUT2D eigenvalue weighted by molar-refractivity contribution is -0.0928. The normalized spacial score (nSPS) is 12.9. The Kier molecular flexibility index (Phi) is 2.94. The van der Waals surface area contributed by atoms with E-state index in [9.17, 15) is 13.2 Å². The van der Waals surface area contributed by atoms with Crippen LogP contribution in [0.1, 0.15) is 13.3 Å². The summed E-state index contributed by atoms with van der Waals surface area (Å²) in [6.07, 6.45) is -4.01. The standard InChI is InChI=1S/C6H6F3N/c1-2-5(3-4-10)6(7,8)9/h2H,3H2,1H3/b5-2+. The molecule has 0 unspecified atom stereocenters. The van der Waals surface area contributed by atoms with E-state index in [0.29, 0.717) is 0 Å². The third-order valence-electron chi connectivity index (χ3n) is 0.982. The van der Waals surface area contributed by atoms with Crippen molar-refractivity contribution < 1.29 is 13.2 Å². The zero-order valence-electron chi connectivity index (χ0n) is 5.37. The van der Waals surface area contributed by atoms with Gasteiger partial charge in [-0.1, -0.05) is 6.08 Å². The molecule has 0 spiro atoms. The van der Waals surface area contributed by atoms with Gasteiger partial charge in [0.2, 0.25) is 0 Å². The SMILES string of the molecule is C/C=C(\CC#N)C(F)(F)F. The van der Waals surface area contributed by atoms with E-state index in [1.54, 1.807) is 0 Å². The zero-order valence-corrected chi connectivity index (χ0v) is 5.37. The molecule has 0 aliphatic carbocycles. The molecular formula is C6H6F3N. The predicted molar refractivity (Wildman–Crippen MR) is 30.0 cm³/mol. The monoisotopic (exact) mass is 149 g/mol. The summed E-state index contributed by atoms with van der Waals surface area (Å²) in [6, 6.07) is 1.44. The zero-order chi connectivity index (χ0) is 8.20. The van der Waals surface area contributed by atoms with Crippen LogP contribution in [0, 0.1) is 11.3 Å². The molecule has 0 aromatic heterocycles. The smallest absolute Gasteiger partial charge is 0.198 e. The quantitative estimate of drug-likeness (QED) is 0.525. The van der Waals surface area contributed by atoms with E-state index in [4.69, 9.17) is 5.26 Å². The predicted octanol–water partition coefficient (Wildman–Crippen LogP) is 2.41. The van der Waals surface area contributed by atoms with Gasteiger partial charge in [0.05, 0.1) is 12.5 Å². The van der Waals surface area contributed by atoms with Gasteiger partial charge in [0, 0.05) is 5.57 Å². The number of rotatable bonds is 1. The minimum atomic E-state index is -4.34. The number of allylic oxidation sites excluding steroid dienone is 2. The summed E-state index contributed by atoms with van der Waals surface area (Å²) < 4.78 is 35.1. The summed E-state index contributed by atoms with van der Waals surface area (Å²) in [7, 11) is 0. The highest BCUT2D eigenvalue weighted by Gasteiger charge is 2.32. The highest BCUT2D eigenvalue weighted by molar-refractivity contribution is 5.12. The summed E-state index contributed by atoms with van der Waals surface area (Å²) >= 11 is 0. The third-order valence-corrected chi connectivity index (χ3v) is 0.982. The number of hydrogen-bond acceptors (Lipinski definition) is 1. The van der Waals surface area contributed by atoms with Crippen LogP contribution in [0.15, 0.2) is 11.6 Å². The van der Waals surface area contributed by atoms with Gasteiger partial charge in [-0.15, -0.1) is 0 Å². The van der Waals surface area contributed by atoms with Crippen LogP contribution in [-0.2, 0) is 0 Å². The van der Waals surface area contributed by atoms with Crippen LogP contribution in [0.3, 0.4) is 0 Å². The molecule has 0 bridgehead atoms. The Hall–Kier alpha value is -0.980. The molecule has 4 heteroatoms. The summed E-state index contributed by atoms with van der Waals surface area (Å²) in [4.78, 5) is 0. The van der Waals surface area contributed by atoms with Gasteiger partial charge in [0.1, 0.15) is 0 Å². The largest absolute Gasteiger partial charge is 0.413 e. The molecule has 10 heavy (non-hydrogen) atoms. The Morgan fingerprint density at radius 1 is 1.60 bits per heavy atom. The summed E-state index contributed by atoms with van der Waals surface area (Å²) in [5.74, 6) is 0. The number of nitrogens with zero attached hydrogens (tertiary/aromatic N) is 1. The van der Waals surface area contributed by atoms with Gasteiger partial charge in [0.25, 0.3) is 0 Å². The Labute approximate surface area is 56.8 Å². The number of alkyl halides is 3. The van der Waals surface area contributed by atoms with Gasteiger partial charge in [-0.25, -0.2) is 0 Å². The fraction of sp³-hybridized carbons (Fsp3) is 0.500. The highest BCUT2D eigenvalue weighted by atomic mass is 19.4. The Balaban J connectivity index is 4.28. The summed E-state index contributed by atoms with van der Waals surface area (Å²) in [6.45, 7) is 1.26. The second-order valence-electron chi connectivity index (χ2n) is 1.65. The van der Waals surface area contributed by atoms with Crippen LogP contribution < -0.4 is 0 Å². The fourth-order valence-electron chi connectivity index (χ4n) is 0.451. The van der Waals surface area contributed by atoms with Crippen LogP contribution in [0.25, 0.3) is 0 Å². The molecule has 1 nitrogen and oxygen atoms in total. The minimum absolute atomic E-state index is 0.569. The molecule has 56 valence electrons. The van der Waals surface area contributed by atoms with E-state index in [2.05, 4.69) is 0 Å². The van der Waals surface area contributed by atoms with Crippen molar-refractivity contribution in [3.63, 3.8) is 0 Å². The van der Waals surface area contributed by atoms with Gasteiger partial charge in [0.15, 0.2) is 0 Å². The first kappa shape index (κ1) is 9.02. The second-order valence-corrected chi connectivity index (χ2v) is 1.65. The van der Waals surface area contributed by atoms with Crippen molar-refractivity contribution in [3.05, 3.63) is 11.6 Å². The maximum Gasteiger partial charge on any atom is 0.413 e. The van der Waals surface area contributed by atoms with E-state index >= 15 is 0 Å². The minimum Gasteiger partial charge on any atom is -0.198 e. The Bertz CT molecular complexity index is 172. The molecule has 0 radical (unpaired) electrons. The molecule has 0 atom stereocenters. The average molecular weight is 149 g/mol. The second kappa shape index (κ2) is 3.25. The number of halogens is 3. The maximum atomic E-state index is 11.7. The molecule has 0 aromatic rings. The van der Waals surface area contributed by atoms with Crippen molar-refractivity contribution in [1.29, 1.82) is 5.26 Å². The van der Waals surface area contributed by atoms with Gasteiger partial charge in [-0.2, -0.15) is 18.4 Å². The van der Waals surface area contributed by atoms with Crippen molar-refractivity contribution in [2.45, 2.75) is 19.5 Å². The molecular weight excluding hydrogens is 143 g/mol. The summed E-state index contributed by atoms with van der Waals surface area (Å²) in [5, 5.41) is 7.94. The van der Waals surface area contributed by atoms with Gasteiger partial charge >= 0.3 is 6.18 Å². The number of hydrogen-bond donors (Lipinski definition) is 0. The maximum absolute atomic E-state index is 11.7. The van der Waals surface area contributed by atoms with Crippen LogP contribution in [0.2, 0.25) is 0 Å². The fourth-order valence-corrected chi connectivity index (χ4v) is 0.451. The van der Waals surface area contributed by atoms with E-state index in [1.807, 2.05) is 0 Å². The topological polar surface area (TPSA) is 23.8 Å². The van der Waals surface area contributed by atoms with Gasteiger partial charge in [-0.05, 0) is 6.92 Å². The van der Waals surface area contributed by atoms with Crippen LogP contribution >= 0.6 is 0 Å². The van der Waals surface area contributed by atoms with Crippen molar-refractivity contribution in [2.24, 2.45) is 0 Å². The van der Waals surface area contributed by atoms with Crippen LogP contribution in [0.5, 0.6) is 0 Å². The van der Waals surface area contributed by atoms with Crippen molar-refractivity contribution >= 4 is 0 Å². The van der Waals surface area contributed by atoms with Gasteiger partial charge < -0.3 is 0 Å². The van der Waals surface area contributed by atoms with Crippen molar-refractivity contribution in [3.8, 4) is 6.07 Å².